The number of ether oxygens (including phenoxy) is 2. The third-order valence-electron chi connectivity index (χ3n) is 3.34. The minimum atomic E-state index is -0.348. The van der Waals surface area contributed by atoms with Crippen LogP contribution in [0.4, 0.5) is 4.39 Å². The van der Waals surface area contributed by atoms with Crippen molar-refractivity contribution in [2.75, 3.05) is 20.8 Å². The van der Waals surface area contributed by atoms with E-state index in [-0.39, 0.29) is 11.6 Å². The molecule has 1 N–H and O–H groups in total. The molecule has 0 heterocycles. The molecule has 0 radical (unpaired) electrons. The van der Waals surface area contributed by atoms with E-state index in [2.05, 4.69) is 5.32 Å². The topological polar surface area (TPSA) is 30.5 Å². The van der Waals surface area contributed by atoms with Gasteiger partial charge in [-0.3, -0.25) is 0 Å². The van der Waals surface area contributed by atoms with Crippen molar-refractivity contribution >= 4 is 0 Å². The van der Waals surface area contributed by atoms with E-state index in [0.29, 0.717) is 12.1 Å². The van der Waals surface area contributed by atoms with Crippen LogP contribution in [-0.4, -0.2) is 20.8 Å². The fourth-order valence-electron chi connectivity index (χ4n) is 2.24. The van der Waals surface area contributed by atoms with Gasteiger partial charge in [-0.05, 0) is 30.3 Å². The second-order valence-electron chi connectivity index (χ2n) is 4.63. The molecule has 4 heteroatoms. The van der Waals surface area contributed by atoms with Crippen LogP contribution in [0.3, 0.4) is 0 Å². The highest BCUT2D eigenvalue weighted by atomic mass is 19.1. The van der Waals surface area contributed by atoms with Crippen LogP contribution in [0.2, 0.25) is 0 Å². The van der Waals surface area contributed by atoms with Crippen LogP contribution in [0, 0.1) is 5.82 Å². The van der Waals surface area contributed by atoms with Crippen molar-refractivity contribution in [1.29, 1.82) is 0 Å². The second-order valence-corrected chi connectivity index (χ2v) is 4.63. The largest absolute Gasteiger partial charge is 0.496 e. The molecule has 0 saturated heterocycles. The zero-order chi connectivity index (χ0) is 15.2. The molecule has 0 fully saturated rings. The number of rotatable bonds is 6. The summed E-state index contributed by atoms with van der Waals surface area (Å²) in [4.78, 5) is 0. The molecule has 0 atom stereocenters. The van der Waals surface area contributed by atoms with E-state index in [1.54, 1.807) is 25.3 Å². The van der Waals surface area contributed by atoms with Gasteiger partial charge in [0, 0.05) is 17.7 Å². The highest BCUT2D eigenvalue weighted by Crippen LogP contribution is 2.31. The summed E-state index contributed by atoms with van der Waals surface area (Å²) in [6, 6.07) is 10.8. The van der Waals surface area contributed by atoms with Gasteiger partial charge in [-0.1, -0.05) is 25.1 Å². The van der Waals surface area contributed by atoms with Gasteiger partial charge in [0.25, 0.3) is 0 Å². The van der Waals surface area contributed by atoms with Crippen LogP contribution >= 0.6 is 0 Å². The molecule has 2 aromatic rings. The fourth-order valence-corrected chi connectivity index (χ4v) is 2.24. The molecule has 0 aliphatic heterocycles. The molecule has 0 bridgehead atoms. The minimum absolute atomic E-state index is 0.247. The van der Waals surface area contributed by atoms with E-state index in [0.717, 1.165) is 23.4 Å². The summed E-state index contributed by atoms with van der Waals surface area (Å²) >= 11 is 0. The molecule has 0 amide bonds. The predicted molar refractivity (Wildman–Crippen MR) is 82.3 cm³/mol. The van der Waals surface area contributed by atoms with E-state index in [1.807, 2.05) is 25.1 Å². The lowest BCUT2D eigenvalue weighted by Crippen LogP contribution is -2.12. The van der Waals surface area contributed by atoms with Gasteiger partial charge in [0.1, 0.15) is 5.75 Å². The monoisotopic (exact) mass is 289 g/mol. The third-order valence-corrected chi connectivity index (χ3v) is 3.34. The van der Waals surface area contributed by atoms with Crippen LogP contribution in [0.15, 0.2) is 36.4 Å². The van der Waals surface area contributed by atoms with E-state index < -0.39 is 0 Å². The van der Waals surface area contributed by atoms with Crippen molar-refractivity contribution in [3.63, 3.8) is 0 Å². The zero-order valence-corrected chi connectivity index (χ0v) is 12.6. The average Bonchev–Trinajstić information content (AvgIpc) is 2.53. The normalized spacial score (nSPS) is 10.5. The predicted octanol–water partition coefficient (Wildman–Crippen LogP) is 3.62. The smallest absolute Gasteiger partial charge is 0.172 e. The van der Waals surface area contributed by atoms with E-state index in [4.69, 9.17) is 9.47 Å². The van der Waals surface area contributed by atoms with E-state index >= 15 is 0 Å². The summed E-state index contributed by atoms with van der Waals surface area (Å²) < 4.78 is 24.7. The average molecular weight is 289 g/mol. The summed E-state index contributed by atoms with van der Waals surface area (Å²) in [5, 5.41) is 3.26. The summed E-state index contributed by atoms with van der Waals surface area (Å²) in [6.07, 6.45) is 0. The summed E-state index contributed by atoms with van der Waals surface area (Å²) in [7, 11) is 3.10. The van der Waals surface area contributed by atoms with Crippen LogP contribution in [0.1, 0.15) is 12.5 Å². The molecule has 21 heavy (non-hydrogen) atoms. The molecule has 0 unspecified atom stereocenters. The van der Waals surface area contributed by atoms with Gasteiger partial charge >= 0.3 is 0 Å². The number of nitrogens with one attached hydrogen (secondary N) is 1. The van der Waals surface area contributed by atoms with Gasteiger partial charge in [-0.15, -0.1) is 0 Å². The van der Waals surface area contributed by atoms with Crippen molar-refractivity contribution in [3.05, 3.63) is 47.8 Å². The molecule has 0 aliphatic rings. The number of methoxy groups -OCH3 is 2. The number of halogens is 1. The molecule has 3 nitrogen and oxygen atoms in total. The van der Waals surface area contributed by atoms with Gasteiger partial charge < -0.3 is 14.8 Å². The molecule has 0 saturated carbocycles. The first-order valence-electron chi connectivity index (χ1n) is 6.91. The lowest BCUT2D eigenvalue weighted by Gasteiger charge is -2.13. The van der Waals surface area contributed by atoms with Crippen molar-refractivity contribution in [2.24, 2.45) is 0 Å². The first kappa shape index (κ1) is 15.3. The molecular formula is C17H20FNO2. The van der Waals surface area contributed by atoms with Crippen molar-refractivity contribution in [1.82, 2.24) is 5.32 Å². The lowest BCUT2D eigenvalue weighted by molar-refractivity contribution is 0.387. The fraction of sp³-hybridized carbons (Fsp3) is 0.294. The quantitative estimate of drug-likeness (QED) is 0.881. The summed E-state index contributed by atoms with van der Waals surface area (Å²) in [5.41, 5.74) is 2.33. The van der Waals surface area contributed by atoms with Gasteiger partial charge in [0.05, 0.1) is 14.2 Å². The highest BCUT2D eigenvalue weighted by Gasteiger charge is 2.12. The Labute approximate surface area is 124 Å². The standard InChI is InChI=1S/C17H20FNO2/c1-4-19-11-13-10-12(8-9-15(13)20-2)14-6-5-7-16(21-3)17(14)18/h5-10,19H,4,11H2,1-3H3. The number of benzene rings is 2. The molecule has 0 spiro atoms. The van der Waals surface area contributed by atoms with Gasteiger partial charge in [-0.25, -0.2) is 4.39 Å². The Morgan fingerprint density at radius 2 is 1.81 bits per heavy atom. The summed E-state index contributed by atoms with van der Waals surface area (Å²) in [6.45, 7) is 3.58. The molecule has 0 aliphatic carbocycles. The summed E-state index contributed by atoms with van der Waals surface area (Å²) in [5.74, 6) is 0.694. The number of hydrogen-bond acceptors (Lipinski definition) is 3. The van der Waals surface area contributed by atoms with Gasteiger partial charge in [0.2, 0.25) is 0 Å². The lowest BCUT2D eigenvalue weighted by atomic mass is 10.0. The first-order valence-corrected chi connectivity index (χ1v) is 6.91. The third kappa shape index (κ3) is 3.34. The molecule has 2 rings (SSSR count). The Bertz CT molecular complexity index is 614. The SMILES string of the molecule is CCNCc1cc(-c2cccc(OC)c2F)ccc1OC. The molecule has 2 aromatic carbocycles. The molecule has 0 aromatic heterocycles. The van der Waals surface area contributed by atoms with E-state index in [9.17, 15) is 4.39 Å². The van der Waals surface area contributed by atoms with Crippen LogP contribution in [0.25, 0.3) is 11.1 Å². The second kappa shape index (κ2) is 7.09. The number of hydrogen-bond donors (Lipinski definition) is 1. The van der Waals surface area contributed by atoms with Crippen molar-refractivity contribution < 1.29 is 13.9 Å². The molecular weight excluding hydrogens is 269 g/mol. The van der Waals surface area contributed by atoms with Crippen LogP contribution < -0.4 is 14.8 Å². The van der Waals surface area contributed by atoms with Crippen molar-refractivity contribution in [3.8, 4) is 22.6 Å². The van der Waals surface area contributed by atoms with E-state index in [1.165, 1.54) is 7.11 Å². The maximum atomic E-state index is 14.4. The molecule has 112 valence electrons. The Balaban J connectivity index is 2.45. The van der Waals surface area contributed by atoms with Crippen LogP contribution in [-0.2, 0) is 6.54 Å². The van der Waals surface area contributed by atoms with Crippen molar-refractivity contribution in [2.45, 2.75) is 13.5 Å². The van der Waals surface area contributed by atoms with Crippen LogP contribution in [0.5, 0.6) is 11.5 Å². The maximum Gasteiger partial charge on any atom is 0.172 e. The highest BCUT2D eigenvalue weighted by molar-refractivity contribution is 5.68. The Kier molecular flexibility index (Phi) is 5.17. The maximum absolute atomic E-state index is 14.4. The zero-order valence-electron chi connectivity index (χ0n) is 12.6. The van der Waals surface area contributed by atoms with Gasteiger partial charge in [-0.2, -0.15) is 0 Å². The Morgan fingerprint density at radius 3 is 2.48 bits per heavy atom. The van der Waals surface area contributed by atoms with Gasteiger partial charge in [0.15, 0.2) is 11.6 Å². The minimum Gasteiger partial charge on any atom is -0.496 e. The Morgan fingerprint density at radius 1 is 1.05 bits per heavy atom. The first-order chi connectivity index (χ1) is 10.2. The Hall–Kier alpha value is -2.07.